The first-order valence-electron chi connectivity index (χ1n) is 6.72. The van der Waals surface area contributed by atoms with Crippen LogP contribution < -0.4 is 0 Å². The summed E-state index contributed by atoms with van der Waals surface area (Å²) in [4.78, 5) is 3.01. The zero-order chi connectivity index (χ0) is 15.5. The zero-order valence-corrected chi connectivity index (χ0v) is 13.0. The molecule has 0 radical (unpaired) electrons. The van der Waals surface area contributed by atoms with Crippen molar-refractivity contribution in [3.05, 3.63) is 58.7 Å². The molecule has 0 fully saturated rings. The van der Waals surface area contributed by atoms with Crippen molar-refractivity contribution in [2.24, 2.45) is 0 Å². The van der Waals surface area contributed by atoms with Gasteiger partial charge in [-0.3, -0.25) is 0 Å². The largest absolute Gasteiger partial charge is 0.501 e. The molecule has 0 unspecified atom stereocenters. The number of unbranched alkanes of at least 4 members (excludes halogenated alkanes) is 1. The maximum absolute atomic E-state index is 10.0. The summed E-state index contributed by atoms with van der Waals surface area (Å²) in [6.45, 7) is 5.22. The van der Waals surface area contributed by atoms with Gasteiger partial charge in [-0.2, -0.15) is 11.8 Å². The molecule has 21 heavy (non-hydrogen) atoms. The maximum atomic E-state index is 10.0. The lowest BCUT2D eigenvalue weighted by Crippen LogP contribution is -1.90. The van der Waals surface area contributed by atoms with Crippen LogP contribution in [0.3, 0.4) is 0 Å². The van der Waals surface area contributed by atoms with Crippen LogP contribution in [0.15, 0.2) is 42.6 Å². The molecule has 0 aliphatic carbocycles. The fourth-order valence-electron chi connectivity index (χ4n) is 1.63. The first-order valence-corrected chi connectivity index (χ1v) is 7.88. The van der Waals surface area contributed by atoms with Crippen molar-refractivity contribution in [1.29, 1.82) is 5.39 Å². The predicted octanol–water partition coefficient (Wildman–Crippen LogP) is 4.84. The van der Waals surface area contributed by atoms with Crippen molar-refractivity contribution in [2.45, 2.75) is 19.8 Å². The van der Waals surface area contributed by atoms with E-state index < -0.39 is 0 Å². The van der Waals surface area contributed by atoms with Gasteiger partial charge in [-0.05, 0) is 24.3 Å². The SMILES string of the molecule is C=CCSCCCC#Cc1ccccc1/C(O)=C(\C)[N+]#N. The molecular weight excluding hydrogens is 280 g/mol. The lowest BCUT2D eigenvalue weighted by Gasteiger charge is -2.00. The maximum Gasteiger partial charge on any atom is 0.400 e. The summed E-state index contributed by atoms with van der Waals surface area (Å²) >= 11 is 1.84. The Balaban J connectivity index is 2.73. The van der Waals surface area contributed by atoms with Gasteiger partial charge in [0.15, 0.2) is 4.98 Å². The molecule has 0 heterocycles. The minimum absolute atomic E-state index is 0.0519. The van der Waals surface area contributed by atoms with E-state index in [1.165, 1.54) is 6.92 Å². The highest BCUT2D eigenvalue weighted by atomic mass is 32.2. The van der Waals surface area contributed by atoms with Crippen LogP contribution >= 0.6 is 11.8 Å². The van der Waals surface area contributed by atoms with Crippen LogP contribution in [-0.2, 0) is 0 Å². The van der Waals surface area contributed by atoms with Gasteiger partial charge in [0.05, 0.1) is 0 Å². The number of rotatable bonds is 6. The van der Waals surface area contributed by atoms with E-state index >= 15 is 0 Å². The number of nitrogens with zero attached hydrogens (tertiary/aromatic N) is 2. The molecule has 0 aliphatic rings. The lowest BCUT2D eigenvalue weighted by molar-refractivity contribution is 0.507. The van der Waals surface area contributed by atoms with Gasteiger partial charge in [0.2, 0.25) is 11.2 Å². The van der Waals surface area contributed by atoms with Crippen LogP contribution in [0.4, 0.5) is 0 Å². The molecule has 0 aliphatic heterocycles. The molecule has 0 bridgehead atoms. The molecule has 0 amide bonds. The molecule has 1 rings (SSSR count). The second-order valence-electron chi connectivity index (χ2n) is 4.35. The number of hydrogen-bond donors (Lipinski definition) is 1. The fraction of sp³-hybridized carbons (Fsp3) is 0.294. The van der Waals surface area contributed by atoms with Gasteiger partial charge >= 0.3 is 5.70 Å². The topological polar surface area (TPSA) is 48.4 Å². The van der Waals surface area contributed by atoms with Crippen LogP contribution in [-0.4, -0.2) is 16.6 Å². The van der Waals surface area contributed by atoms with Crippen molar-refractivity contribution in [2.75, 3.05) is 11.5 Å². The predicted molar refractivity (Wildman–Crippen MR) is 90.4 cm³/mol. The molecule has 1 aromatic rings. The number of aliphatic hydroxyl groups excluding tert-OH is 1. The zero-order valence-electron chi connectivity index (χ0n) is 12.2. The van der Waals surface area contributed by atoms with E-state index in [0.29, 0.717) is 5.56 Å². The number of diazo groups is 1. The normalized spacial score (nSPS) is 10.9. The quantitative estimate of drug-likeness (QED) is 0.269. The number of aliphatic hydroxyl groups is 1. The van der Waals surface area contributed by atoms with Crippen molar-refractivity contribution < 1.29 is 5.11 Å². The molecular formula is C17H19N2OS+. The molecule has 0 atom stereocenters. The van der Waals surface area contributed by atoms with Gasteiger partial charge in [0, 0.05) is 30.2 Å². The Morgan fingerprint density at radius 1 is 1.48 bits per heavy atom. The molecule has 4 heteroatoms. The summed E-state index contributed by atoms with van der Waals surface area (Å²) in [7, 11) is 0. The highest BCUT2D eigenvalue weighted by Gasteiger charge is 2.15. The Morgan fingerprint density at radius 3 is 2.95 bits per heavy atom. The summed E-state index contributed by atoms with van der Waals surface area (Å²) in [5.41, 5.74) is 1.49. The summed E-state index contributed by atoms with van der Waals surface area (Å²) in [6, 6.07) is 7.28. The van der Waals surface area contributed by atoms with E-state index in [9.17, 15) is 5.11 Å². The molecule has 1 N–H and O–H groups in total. The van der Waals surface area contributed by atoms with E-state index in [-0.39, 0.29) is 11.5 Å². The van der Waals surface area contributed by atoms with Crippen molar-refractivity contribution >= 4 is 17.5 Å². The third kappa shape index (κ3) is 5.77. The molecule has 0 saturated heterocycles. The Morgan fingerprint density at radius 2 is 2.24 bits per heavy atom. The minimum Gasteiger partial charge on any atom is -0.501 e. The Hall–Kier alpha value is -2.17. The fourth-order valence-corrected chi connectivity index (χ4v) is 2.31. The number of thioether (sulfide) groups is 1. The summed E-state index contributed by atoms with van der Waals surface area (Å²) < 4.78 is 0. The summed E-state index contributed by atoms with van der Waals surface area (Å²) in [6.07, 6.45) is 3.74. The number of allylic oxidation sites excluding steroid dienone is 1. The Kier molecular flexibility index (Phi) is 7.79. The van der Waals surface area contributed by atoms with Crippen molar-refractivity contribution in [3.63, 3.8) is 0 Å². The van der Waals surface area contributed by atoms with Gasteiger partial charge in [-0.1, -0.05) is 30.0 Å². The van der Waals surface area contributed by atoms with E-state index in [4.69, 9.17) is 5.39 Å². The average molecular weight is 299 g/mol. The molecule has 0 saturated carbocycles. The lowest BCUT2D eigenvalue weighted by atomic mass is 10.0. The molecule has 108 valence electrons. The highest BCUT2D eigenvalue weighted by molar-refractivity contribution is 7.99. The van der Waals surface area contributed by atoms with E-state index in [1.807, 2.05) is 36.0 Å². The molecule has 0 aromatic heterocycles. The second kappa shape index (κ2) is 9.69. The first kappa shape index (κ1) is 16.9. The summed E-state index contributed by atoms with van der Waals surface area (Å²) in [5, 5.41) is 18.8. The van der Waals surface area contributed by atoms with Crippen molar-refractivity contribution in [1.82, 2.24) is 0 Å². The van der Waals surface area contributed by atoms with Gasteiger partial charge in [0.25, 0.3) is 0 Å². The smallest absolute Gasteiger partial charge is 0.400 e. The third-order valence-electron chi connectivity index (χ3n) is 2.72. The third-order valence-corrected chi connectivity index (χ3v) is 3.77. The standard InChI is InChI=1S/C17H18N2OS/c1-3-12-21-13-8-4-5-9-15-10-6-7-11-16(15)17(20)14(2)19-18/h3,6-7,10-11H,1,4,8,12-13H2,2H3/p+1/b17-14-. The molecule has 0 spiro atoms. The summed E-state index contributed by atoms with van der Waals surface area (Å²) in [5.74, 6) is 8.17. The minimum atomic E-state index is -0.0519. The van der Waals surface area contributed by atoms with Crippen LogP contribution in [0.2, 0.25) is 0 Å². The first-order chi connectivity index (χ1) is 10.2. The van der Waals surface area contributed by atoms with E-state index in [2.05, 4.69) is 23.4 Å². The Labute approximate surface area is 130 Å². The molecule has 3 nitrogen and oxygen atoms in total. The Bertz CT molecular complexity index is 618. The number of benzene rings is 1. The highest BCUT2D eigenvalue weighted by Crippen LogP contribution is 2.20. The van der Waals surface area contributed by atoms with Gasteiger partial charge < -0.3 is 5.11 Å². The average Bonchev–Trinajstić information content (AvgIpc) is 2.53. The van der Waals surface area contributed by atoms with Gasteiger partial charge in [-0.15, -0.1) is 6.58 Å². The van der Waals surface area contributed by atoms with Gasteiger partial charge in [0.1, 0.15) is 0 Å². The molecule has 1 aromatic carbocycles. The van der Waals surface area contributed by atoms with E-state index in [1.54, 1.807) is 6.07 Å². The van der Waals surface area contributed by atoms with Crippen LogP contribution in [0, 0.1) is 17.2 Å². The van der Waals surface area contributed by atoms with Crippen LogP contribution in [0.1, 0.15) is 30.9 Å². The second-order valence-corrected chi connectivity index (χ2v) is 5.50. The monoisotopic (exact) mass is 299 g/mol. The van der Waals surface area contributed by atoms with Crippen LogP contribution in [0.25, 0.3) is 10.7 Å². The number of hydrogen-bond acceptors (Lipinski definition) is 3. The van der Waals surface area contributed by atoms with E-state index in [0.717, 1.165) is 29.9 Å². The van der Waals surface area contributed by atoms with Gasteiger partial charge in [-0.25, -0.2) is 0 Å². The van der Waals surface area contributed by atoms with Crippen LogP contribution in [0.5, 0.6) is 0 Å². The van der Waals surface area contributed by atoms with Crippen molar-refractivity contribution in [3.8, 4) is 11.8 Å².